The molecule has 0 aromatic rings. The lowest BCUT2D eigenvalue weighted by atomic mass is 9.93. The Balaban J connectivity index is 1.88. The molecule has 2 rings (SSSR count). The van der Waals surface area contributed by atoms with Crippen molar-refractivity contribution in [1.82, 2.24) is 5.32 Å². The molecule has 3 heteroatoms. The van der Waals surface area contributed by atoms with Crippen LogP contribution in [0, 0.1) is 17.8 Å². The molecule has 0 saturated heterocycles. The fraction of sp³-hybridized carbons (Fsp3) is 0.700. The number of carbonyl (C=O) groups excluding carboxylic acids is 1. The monoisotopic (exact) mass is 181 g/mol. The van der Waals surface area contributed by atoms with E-state index in [1.165, 1.54) is 0 Å². The van der Waals surface area contributed by atoms with E-state index in [-0.39, 0.29) is 18.4 Å². The maximum Gasteiger partial charge on any atom is 0.223 e. The van der Waals surface area contributed by atoms with Crippen molar-refractivity contribution in [2.24, 2.45) is 17.8 Å². The lowest BCUT2D eigenvalue weighted by molar-refractivity contribution is -0.125. The summed E-state index contributed by atoms with van der Waals surface area (Å²) in [7, 11) is 0. The summed E-state index contributed by atoms with van der Waals surface area (Å²) in [6.07, 6.45) is 6.54. The van der Waals surface area contributed by atoms with Gasteiger partial charge in [-0.2, -0.15) is 0 Å². The van der Waals surface area contributed by atoms with Crippen LogP contribution in [0.15, 0.2) is 12.2 Å². The molecule has 0 aliphatic heterocycles. The number of fused-ring (bicyclic) bond motifs is 2. The number of hydrogen-bond acceptors (Lipinski definition) is 2. The van der Waals surface area contributed by atoms with Crippen LogP contribution in [0.2, 0.25) is 0 Å². The highest BCUT2D eigenvalue weighted by Gasteiger charge is 2.39. The highest BCUT2D eigenvalue weighted by atomic mass is 16.3. The SMILES string of the molecule is O=C(NCCO)[C@H]1C[C@H]2C=C[C@@H]1C2. The molecular formula is C10H15NO2. The number of hydrogen-bond donors (Lipinski definition) is 2. The van der Waals surface area contributed by atoms with E-state index in [9.17, 15) is 4.79 Å². The van der Waals surface area contributed by atoms with E-state index in [0.29, 0.717) is 18.4 Å². The molecule has 0 aromatic carbocycles. The van der Waals surface area contributed by atoms with Gasteiger partial charge in [-0.05, 0) is 24.7 Å². The Labute approximate surface area is 77.8 Å². The Morgan fingerprint density at radius 1 is 1.46 bits per heavy atom. The van der Waals surface area contributed by atoms with Crippen LogP contribution in [-0.2, 0) is 4.79 Å². The van der Waals surface area contributed by atoms with E-state index in [2.05, 4.69) is 17.5 Å². The molecule has 0 heterocycles. The van der Waals surface area contributed by atoms with Gasteiger partial charge in [0.1, 0.15) is 0 Å². The molecule has 2 N–H and O–H groups in total. The third-order valence-corrected chi connectivity index (χ3v) is 3.03. The molecule has 1 amide bonds. The van der Waals surface area contributed by atoms with Crippen LogP contribution in [-0.4, -0.2) is 24.2 Å². The van der Waals surface area contributed by atoms with Gasteiger partial charge in [0, 0.05) is 12.5 Å². The minimum atomic E-state index is 0.0302. The van der Waals surface area contributed by atoms with Crippen molar-refractivity contribution in [2.45, 2.75) is 12.8 Å². The van der Waals surface area contributed by atoms with Crippen molar-refractivity contribution in [3.05, 3.63) is 12.2 Å². The van der Waals surface area contributed by atoms with Gasteiger partial charge in [-0.3, -0.25) is 4.79 Å². The average molecular weight is 181 g/mol. The van der Waals surface area contributed by atoms with Crippen LogP contribution in [0.25, 0.3) is 0 Å². The van der Waals surface area contributed by atoms with Crippen molar-refractivity contribution in [2.75, 3.05) is 13.2 Å². The van der Waals surface area contributed by atoms with Crippen molar-refractivity contribution in [3.8, 4) is 0 Å². The van der Waals surface area contributed by atoms with Gasteiger partial charge >= 0.3 is 0 Å². The summed E-state index contributed by atoms with van der Waals surface area (Å²) in [4.78, 5) is 11.5. The van der Waals surface area contributed by atoms with E-state index < -0.39 is 0 Å². The van der Waals surface area contributed by atoms with Gasteiger partial charge in [0.05, 0.1) is 6.61 Å². The number of aliphatic hydroxyl groups is 1. The van der Waals surface area contributed by atoms with Crippen LogP contribution in [0.5, 0.6) is 0 Å². The van der Waals surface area contributed by atoms with Crippen LogP contribution < -0.4 is 5.32 Å². The molecule has 2 aliphatic carbocycles. The minimum absolute atomic E-state index is 0.0302. The lowest BCUT2D eigenvalue weighted by Crippen LogP contribution is -2.34. The van der Waals surface area contributed by atoms with Gasteiger partial charge in [0.25, 0.3) is 0 Å². The smallest absolute Gasteiger partial charge is 0.223 e. The van der Waals surface area contributed by atoms with Crippen LogP contribution >= 0.6 is 0 Å². The fourth-order valence-electron chi connectivity index (χ4n) is 2.39. The molecular weight excluding hydrogens is 166 g/mol. The Kier molecular flexibility index (Phi) is 2.36. The van der Waals surface area contributed by atoms with Crippen molar-refractivity contribution in [3.63, 3.8) is 0 Å². The third kappa shape index (κ3) is 1.61. The molecule has 2 bridgehead atoms. The second-order valence-corrected chi connectivity index (χ2v) is 3.90. The highest BCUT2D eigenvalue weighted by molar-refractivity contribution is 5.79. The molecule has 2 aliphatic rings. The maximum atomic E-state index is 11.5. The largest absolute Gasteiger partial charge is 0.395 e. The van der Waals surface area contributed by atoms with Crippen LogP contribution in [0.1, 0.15) is 12.8 Å². The molecule has 0 unspecified atom stereocenters. The zero-order valence-corrected chi connectivity index (χ0v) is 7.57. The first-order valence-electron chi connectivity index (χ1n) is 4.88. The van der Waals surface area contributed by atoms with E-state index in [0.717, 1.165) is 12.8 Å². The number of rotatable bonds is 3. The number of carbonyl (C=O) groups is 1. The van der Waals surface area contributed by atoms with Crippen molar-refractivity contribution < 1.29 is 9.90 Å². The van der Waals surface area contributed by atoms with E-state index >= 15 is 0 Å². The van der Waals surface area contributed by atoms with Gasteiger partial charge in [-0.1, -0.05) is 12.2 Å². The minimum Gasteiger partial charge on any atom is -0.395 e. The first-order chi connectivity index (χ1) is 6.31. The summed E-state index contributed by atoms with van der Waals surface area (Å²) >= 11 is 0. The first-order valence-corrected chi connectivity index (χ1v) is 4.88. The molecule has 13 heavy (non-hydrogen) atoms. The zero-order valence-electron chi connectivity index (χ0n) is 7.57. The van der Waals surface area contributed by atoms with Gasteiger partial charge in [-0.25, -0.2) is 0 Å². The Morgan fingerprint density at radius 2 is 2.31 bits per heavy atom. The number of allylic oxidation sites excluding steroid dienone is 2. The predicted octanol–water partition coefficient (Wildman–Crippen LogP) is 0.307. The molecule has 0 aromatic heterocycles. The van der Waals surface area contributed by atoms with Crippen molar-refractivity contribution >= 4 is 5.91 Å². The number of amides is 1. The molecule has 3 atom stereocenters. The predicted molar refractivity (Wildman–Crippen MR) is 48.9 cm³/mol. The van der Waals surface area contributed by atoms with Crippen LogP contribution in [0.4, 0.5) is 0 Å². The summed E-state index contributed by atoms with van der Waals surface area (Å²) in [5.74, 6) is 1.38. The normalized spacial score (nSPS) is 35.3. The fourth-order valence-corrected chi connectivity index (χ4v) is 2.39. The topological polar surface area (TPSA) is 49.3 Å². The van der Waals surface area contributed by atoms with E-state index in [1.54, 1.807) is 0 Å². The van der Waals surface area contributed by atoms with Gasteiger partial charge < -0.3 is 10.4 Å². The van der Waals surface area contributed by atoms with E-state index in [1.807, 2.05) is 0 Å². The Hall–Kier alpha value is -0.830. The molecule has 3 nitrogen and oxygen atoms in total. The summed E-state index contributed by atoms with van der Waals surface area (Å²) in [6.45, 7) is 0.416. The average Bonchev–Trinajstić information content (AvgIpc) is 2.74. The van der Waals surface area contributed by atoms with Crippen LogP contribution in [0.3, 0.4) is 0 Å². The number of nitrogens with one attached hydrogen (secondary N) is 1. The Bertz CT molecular complexity index is 237. The summed E-state index contributed by atoms with van der Waals surface area (Å²) < 4.78 is 0. The van der Waals surface area contributed by atoms with Crippen molar-refractivity contribution in [1.29, 1.82) is 0 Å². The second kappa shape index (κ2) is 3.50. The number of aliphatic hydroxyl groups excluding tert-OH is 1. The standard InChI is InChI=1S/C10H15NO2/c12-4-3-11-10(13)9-6-7-1-2-8(9)5-7/h1-2,7-9,12H,3-6H2,(H,11,13)/t7-,8+,9-/m0/s1. The first kappa shape index (κ1) is 8.75. The van der Waals surface area contributed by atoms with Gasteiger partial charge in [0.2, 0.25) is 5.91 Å². The molecule has 0 radical (unpaired) electrons. The third-order valence-electron chi connectivity index (χ3n) is 3.03. The van der Waals surface area contributed by atoms with Gasteiger partial charge in [0.15, 0.2) is 0 Å². The van der Waals surface area contributed by atoms with E-state index in [4.69, 9.17) is 5.11 Å². The lowest BCUT2D eigenvalue weighted by Gasteiger charge is -2.16. The quantitative estimate of drug-likeness (QED) is 0.615. The molecule has 72 valence electrons. The maximum absolute atomic E-state index is 11.5. The molecule has 1 fully saturated rings. The molecule has 0 spiro atoms. The molecule has 1 saturated carbocycles. The summed E-state index contributed by atoms with van der Waals surface area (Å²) in [6, 6.07) is 0. The second-order valence-electron chi connectivity index (χ2n) is 3.90. The summed E-state index contributed by atoms with van der Waals surface area (Å²) in [5, 5.41) is 11.3. The van der Waals surface area contributed by atoms with Gasteiger partial charge in [-0.15, -0.1) is 0 Å². The Morgan fingerprint density at radius 3 is 2.85 bits per heavy atom. The summed E-state index contributed by atoms with van der Waals surface area (Å²) in [5.41, 5.74) is 0. The zero-order chi connectivity index (χ0) is 9.26. The highest BCUT2D eigenvalue weighted by Crippen LogP contribution is 2.43.